The predicted molar refractivity (Wildman–Crippen MR) is 77.0 cm³/mol. The second-order valence-electron chi connectivity index (χ2n) is 4.65. The van der Waals surface area contributed by atoms with Crippen molar-refractivity contribution in [2.75, 3.05) is 6.54 Å². The zero-order valence-electron chi connectivity index (χ0n) is 11.4. The number of nitrogens with one attached hydrogen (secondary N) is 2. The highest BCUT2D eigenvalue weighted by atomic mass is 16.1. The van der Waals surface area contributed by atoms with Crippen LogP contribution in [0.1, 0.15) is 24.5 Å². The molecule has 19 heavy (non-hydrogen) atoms. The fourth-order valence-corrected chi connectivity index (χ4v) is 1.85. The number of hydrogen-bond acceptors (Lipinski definition) is 3. The summed E-state index contributed by atoms with van der Waals surface area (Å²) in [5.41, 5.74) is 3.61. The Labute approximate surface area is 112 Å². The van der Waals surface area contributed by atoms with E-state index in [9.17, 15) is 4.79 Å². The third kappa shape index (κ3) is 3.51. The minimum atomic E-state index is -0.125. The molecule has 0 atom stereocenters. The van der Waals surface area contributed by atoms with Gasteiger partial charge in [-0.15, -0.1) is 0 Å². The van der Waals surface area contributed by atoms with Gasteiger partial charge < -0.3 is 5.32 Å². The Bertz CT molecular complexity index is 587. The lowest BCUT2D eigenvalue weighted by Gasteiger charge is -2.05. The highest BCUT2D eigenvalue weighted by Gasteiger charge is 2.05. The van der Waals surface area contributed by atoms with Gasteiger partial charge in [0.1, 0.15) is 0 Å². The first-order valence-corrected chi connectivity index (χ1v) is 6.57. The molecule has 4 nitrogen and oxygen atoms in total. The molecule has 2 aromatic rings. The van der Waals surface area contributed by atoms with E-state index in [-0.39, 0.29) is 5.56 Å². The number of H-pyrrole nitrogens is 1. The zero-order valence-corrected chi connectivity index (χ0v) is 11.4. The average Bonchev–Trinajstić information content (AvgIpc) is 2.42. The van der Waals surface area contributed by atoms with Gasteiger partial charge in [-0.3, -0.25) is 4.79 Å². The Balaban J connectivity index is 2.25. The monoisotopic (exact) mass is 257 g/mol. The quantitative estimate of drug-likeness (QED) is 0.808. The maximum Gasteiger partial charge on any atom is 0.268 e. The van der Waals surface area contributed by atoms with E-state index in [0.29, 0.717) is 6.54 Å². The molecule has 4 heteroatoms. The molecule has 0 radical (unpaired) electrons. The SMILES string of the molecule is CCCNCc1cc(-c2ccc(C)cc2)n[nH]c1=O. The van der Waals surface area contributed by atoms with E-state index in [1.807, 2.05) is 37.3 Å². The molecule has 0 aliphatic rings. The van der Waals surface area contributed by atoms with E-state index in [0.717, 1.165) is 29.8 Å². The van der Waals surface area contributed by atoms with Gasteiger partial charge in [-0.1, -0.05) is 36.8 Å². The molecule has 0 bridgehead atoms. The molecule has 2 N–H and O–H groups in total. The molecule has 0 spiro atoms. The topological polar surface area (TPSA) is 57.8 Å². The lowest BCUT2D eigenvalue weighted by atomic mass is 10.1. The molecular formula is C15H19N3O. The number of rotatable bonds is 5. The van der Waals surface area contributed by atoms with E-state index in [1.54, 1.807) is 0 Å². The molecule has 0 aliphatic carbocycles. The van der Waals surface area contributed by atoms with Gasteiger partial charge in [-0.2, -0.15) is 5.10 Å². The molecule has 2 rings (SSSR count). The summed E-state index contributed by atoms with van der Waals surface area (Å²) in [4.78, 5) is 11.7. The molecule has 0 fully saturated rings. The van der Waals surface area contributed by atoms with Crippen LogP contribution in [0, 0.1) is 6.92 Å². The first-order chi connectivity index (χ1) is 9.20. The molecule has 0 aliphatic heterocycles. The van der Waals surface area contributed by atoms with Crippen molar-refractivity contribution in [3.05, 3.63) is 51.8 Å². The number of hydrogen-bond donors (Lipinski definition) is 2. The fourth-order valence-electron chi connectivity index (χ4n) is 1.85. The van der Waals surface area contributed by atoms with Crippen LogP contribution in [0.2, 0.25) is 0 Å². The summed E-state index contributed by atoms with van der Waals surface area (Å²) >= 11 is 0. The van der Waals surface area contributed by atoms with Crippen molar-refractivity contribution in [3.8, 4) is 11.3 Å². The van der Waals surface area contributed by atoms with Crippen molar-refractivity contribution in [1.82, 2.24) is 15.5 Å². The van der Waals surface area contributed by atoms with Crippen LogP contribution >= 0.6 is 0 Å². The molecular weight excluding hydrogens is 238 g/mol. The number of aryl methyl sites for hydroxylation is 1. The van der Waals surface area contributed by atoms with E-state index in [2.05, 4.69) is 22.4 Å². The molecule has 0 saturated heterocycles. The van der Waals surface area contributed by atoms with Crippen molar-refractivity contribution in [1.29, 1.82) is 0 Å². The first kappa shape index (κ1) is 13.5. The summed E-state index contributed by atoms with van der Waals surface area (Å²) < 4.78 is 0. The van der Waals surface area contributed by atoms with Gasteiger partial charge in [0.2, 0.25) is 0 Å². The number of nitrogens with zero attached hydrogens (tertiary/aromatic N) is 1. The molecule has 0 amide bonds. The van der Waals surface area contributed by atoms with E-state index in [4.69, 9.17) is 0 Å². The lowest BCUT2D eigenvalue weighted by Crippen LogP contribution is -2.22. The van der Waals surface area contributed by atoms with Gasteiger partial charge in [0.25, 0.3) is 5.56 Å². The molecule has 1 heterocycles. The molecule has 100 valence electrons. The van der Waals surface area contributed by atoms with Crippen LogP contribution in [0.15, 0.2) is 35.1 Å². The maximum atomic E-state index is 11.7. The van der Waals surface area contributed by atoms with Crippen molar-refractivity contribution in [2.24, 2.45) is 0 Å². The number of aromatic amines is 1. The van der Waals surface area contributed by atoms with Crippen LogP contribution < -0.4 is 10.9 Å². The summed E-state index contributed by atoms with van der Waals surface area (Å²) in [6.07, 6.45) is 1.05. The number of aromatic nitrogens is 2. The third-order valence-electron chi connectivity index (χ3n) is 2.97. The van der Waals surface area contributed by atoms with Crippen molar-refractivity contribution >= 4 is 0 Å². The van der Waals surface area contributed by atoms with Crippen LogP contribution in [0.4, 0.5) is 0 Å². The highest BCUT2D eigenvalue weighted by molar-refractivity contribution is 5.59. The highest BCUT2D eigenvalue weighted by Crippen LogP contribution is 2.16. The summed E-state index contributed by atoms with van der Waals surface area (Å²) in [6.45, 7) is 5.62. The van der Waals surface area contributed by atoms with Crippen LogP contribution in [-0.4, -0.2) is 16.7 Å². The second kappa shape index (κ2) is 6.29. The molecule has 1 aromatic carbocycles. The molecule has 0 saturated carbocycles. The van der Waals surface area contributed by atoms with Crippen molar-refractivity contribution in [2.45, 2.75) is 26.8 Å². The summed E-state index contributed by atoms with van der Waals surface area (Å²) in [5.74, 6) is 0. The van der Waals surface area contributed by atoms with Crippen molar-refractivity contribution in [3.63, 3.8) is 0 Å². The third-order valence-corrected chi connectivity index (χ3v) is 2.97. The average molecular weight is 257 g/mol. The number of benzene rings is 1. The Hall–Kier alpha value is -1.94. The van der Waals surface area contributed by atoms with E-state index in [1.165, 1.54) is 5.56 Å². The summed E-state index contributed by atoms with van der Waals surface area (Å²) in [6, 6.07) is 9.96. The van der Waals surface area contributed by atoms with Crippen LogP contribution in [-0.2, 0) is 6.54 Å². The van der Waals surface area contributed by atoms with Crippen LogP contribution in [0.3, 0.4) is 0 Å². The van der Waals surface area contributed by atoms with E-state index < -0.39 is 0 Å². The Morgan fingerprint density at radius 2 is 2.00 bits per heavy atom. The summed E-state index contributed by atoms with van der Waals surface area (Å²) in [5, 5.41) is 9.90. The maximum absolute atomic E-state index is 11.7. The smallest absolute Gasteiger partial charge is 0.268 e. The standard InChI is InChI=1S/C15H19N3O/c1-3-8-16-10-13-9-14(17-18-15(13)19)12-6-4-11(2)5-7-12/h4-7,9,16H,3,8,10H2,1-2H3,(H,18,19). The first-order valence-electron chi connectivity index (χ1n) is 6.57. The van der Waals surface area contributed by atoms with E-state index >= 15 is 0 Å². The zero-order chi connectivity index (χ0) is 13.7. The Morgan fingerprint density at radius 3 is 2.68 bits per heavy atom. The second-order valence-corrected chi connectivity index (χ2v) is 4.65. The van der Waals surface area contributed by atoms with Gasteiger partial charge in [0.15, 0.2) is 0 Å². The van der Waals surface area contributed by atoms with Gasteiger partial charge in [0.05, 0.1) is 5.69 Å². The molecule has 0 unspecified atom stereocenters. The normalized spacial score (nSPS) is 10.6. The van der Waals surface area contributed by atoms with Crippen LogP contribution in [0.5, 0.6) is 0 Å². The largest absolute Gasteiger partial charge is 0.312 e. The van der Waals surface area contributed by atoms with Gasteiger partial charge >= 0.3 is 0 Å². The Morgan fingerprint density at radius 1 is 1.26 bits per heavy atom. The minimum Gasteiger partial charge on any atom is -0.312 e. The molecule has 1 aromatic heterocycles. The summed E-state index contributed by atoms with van der Waals surface area (Å²) in [7, 11) is 0. The predicted octanol–water partition coefficient (Wildman–Crippen LogP) is 2.24. The minimum absolute atomic E-state index is 0.125. The van der Waals surface area contributed by atoms with Gasteiger partial charge in [-0.05, 0) is 26.0 Å². The van der Waals surface area contributed by atoms with Crippen molar-refractivity contribution < 1.29 is 0 Å². The van der Waals surface area contributed by atoms with Gasteiger partial charge in [-0.25, -0.2) is 5.10 Å². The lowest BCUT2D eigenvalue weighted by molar-refractivity contribution is 0.668. The van der Waals surface area contributed by atoms with Gasteiger partial charge in [0, 0.05) is 17.7 Å². The fraction of sp³-hybridized carbons (Fsp3) is 0.333. The Kier molecular flexibility index (Phi) is 4.47. The van der Waals surface area contributed by atoms with Crippen LogP contribution in [0.25, 0.3) is 11.3 Å².